The lowest BCUT2D eigenvalue weighted by Crippen LogP contribution is -2.26. The molecule has 0 aliphatic heterocycles. The molecule has 0 amide bonds. The fraction of sp³-hybridized carbons (Fsp3) is 0.583. The number of hydrogen-bond acceptors (Lipinski definition) is 4. The van der Waals surface area contributed by atoms with Gasteiger partial charge in [-0.15, -0.1) is 0 Å². The van der Waals surface area contributed by atoms with Crippen molar-refractivity contribution in [3.8, 4) is 0 Å². The topological polar surface area (TPSA) is 68.3 Å². The first-order valence-electron chi connectivity index (χ1n) is 6.00. The third-order valence-electron chi connectivity index (χ3n) is 2.92. The molecule has 2 rings (SSSR count). The van der Waals surface area contributed by atoms with E-state index in [9.17, 15) is 8.42 Å². The number of sulfonamides is 1. The van der Waals surface area contributed by atoms with Crippen LogP contribution < -0.4 is 4.72 Å². The Labute approximate surface area is 108 Å². The Hall–Kier alpha value is -1.14. The maximum Gasteiger partial charge on any atom is 0.235 e. The number of nitrogens with one attached hydrogen (secondary N) is 1. The molecule has 1 aromatic heterocycles. The highest BCUT2D eigenvalue weighted by molar-refractivity contribution is 7.92. The average molecular weight is 270 g/mol. The van der Waals surface area contributed by atoms with Crippen LogP contribution >= 0.6 is 0 Å². The molecule has 0 spiro atoms. The number of anilines is 1. The highest BCUT2D eigenvalue weighted by Crippen LogP contribution is 2.42. The van der Waals surface area contributed by atoms with Gasteiger partial charge in [0.15, 0.2) is 0 Å². The summed E-state index contributed by atoms with van der Waals surface area (Å²) in [5, 5.41) is 0. The maximum atomic E-state index is 11.9. The van der Waals surface area contributed by atoms with Gasteiger partial charge in [0.05, 0.1) is 23.2 Å². The molecule has 6 heteroatoms. The first kappa shape index (κ1) is 13.3. The number of ether oxygens (including phenoxy) is 1. The molecule has 5 nitrogen and oxygen atoms in total. The van der Waals surface area contributed by atoms with E-state index in [1.54, 1.807) is 25.3 Å². The highest BCUT2D eigenvalue weighted by atomic mass is 32.2. The molecule has 1 aliphatic rings. The molecule has 1 aromatic rings. The Morgan fingerprint density at radius 2 is 2.28 bits per heavy atom. The van der Waals surface area contributed by atoms with Crippen molar-refractivity contribution in [3.05, 3.63) is 24.0 Å². The van der Waals surface area contributed by atoms with Crippen molar-refractivity contribution < 1.29 is 13.2 Å². The fourth-order valence-corrected chi connectivity index (χ4v) is 3.12. The Balaban J connectivity index is 2.13. The lowest BCUT2D eigenvalue weighted by atomic mass is 10.2. The minimum atomic E-state index is -3.39. The van der Waals surface area contributed by atoms with Crippen molar-refractivity contribution in [1.29, 1.82) is 0 Å². The maximum absolute atomic E-state index is 11.9. The standard InChI is InChI=1S/C12H18N2O3S/c1-9(17-2)8-18(15,16)14-11-4-3-7-13-12(11)10-5-6-10/h3-4,7,9-10,14H,5-6,8H2,1-2H3. The lowest BCUT2D eigenvalue weighted by molar-refractivity contribution is 0.136. The number of hydrogen-bond donors (Lipinski definition) is 1. The number of methoxy groups -OCH3 is 1. The van der Waals surface area contributed by atoms with Crippen LogP contribution in [0.25, 0.3) is 0 Å². The van der Waals surface area contributed by atoms with Gasteiger partial charge in [0.1, 0.15) is 0 Å². The third-order valence-corrected chi connectivity index (χ3v) is 4.36. The van der Waals surface area contributed by atoms with Crippen LogP contribution in [0.4, 0.5) is 5.69 Å². The highest BCUT2D eigenvalue weighted by Gasteiger charge is 2.28. The molecule has 1 aliphatic carbocycles. The van der Waals surface area contributed by atoms with Crippen LogP contribution in [0.5, 0.6) is 0 Å². The number of pyridine rings is 1. The molecule has 1 N–H and O–H groups in total. The van der Waals surface area contributed by atoms with E-state index in [0.29, 0.717) is 11.6 Å². The average Bonchev–Trinajstić information content (AvgIpc) is 3.12. The first-order chi connectivity index (χ1) is 8.52. The summed E-state index contributed by atoms with van der Waals surface area (Å²) in [6.07, 6.45) is 3.53. The second-order valence-corrected chi connectivity index (χ2v) is 6.41. The van der Waals surface area contributed by atoms with Gasteiger partial charge >= 0.3 is 0 Å². The Morgan fingerprint density at radius 1 is 1.56 bits per heavy atom. The summed E-state index contributed by atoms with van der Waals surface area (Å²) in [5.41, 5.74) is 1.45. The summed E-state index contributed by atoms with van der Waals surface area (Å²) in [6.45, 7) is 1.73. The molecule has 1 saturated carbocycles. The van der Waals surface area contributed by atoms with Crippen LogP contribution in [-0.2, 0) is 14.8 Å². The van der Waals surface area contributed by atoms with E-state index in [2.05, 4.69) is 9.71 Å². The van der Waals surface area contributed by atoms with Gasteiger partial charge in [-0.3, -0.25) is 9.71 Å². The van der Waals surface area contributed by atoms with E-state index in [0.717, 1.165) is 18.5 Å². The zero-order valence-corrected chi connectivity index (χ0v) is 11.4. The Morgan fingerprint density at radius 3 is 2.89 bits per heavy atom. The molecule has 0 saturated heterocycles. The SMILES string of the molecule is COC(C)CS(=O)(=O)Nc1cccnc1C1CC1. The van der Waals surface area contributed by atoms with Gasteiger partial charge in [-0.05, 0) is 31.9 Å². The predicted octanol–water partition coefficient (Wildman–Crippen LogP) is 1.74. The van der Waals surface area contributed by atoms with Gasteiger partial charge in [-0.25, -0.2) is 8.42 Å². The van der Waals surface area contributed by atoms with Crippen molar-refractivity contribution in [3.63, 3.8) is 0 Å². The Kier molecular flexibility index (Phi) is 3.87. The second kappa shape index (κ2) is 5.24. The molecule has 1 unspecified atom stereocenters. The zero-order valence-electron chi connectivity index (χ0n) is 10.6. The Bertz CT molecular complexity index is 512. The molecular formula is C12H18N2O3S. The van der Waals surface area contributed by atoms with Gasteiger partial charge in [0, 0.05) is 19.2 Å². The molecule has 1 fully saturated rings. The van der Waals surface area contributed by atoms with Crippen LogP contribution in [0.15, 0.2) is 18.3 Å². The van der Waals surface area contributed by atoms with Gasteiger partial charge in [0.2, 0.25) is 10.0 Å². The lowest BCUT2D eigenvalue weighted by Gasteiger charge is -2.14. The van der Waals surface area contributed by atoms with E-state index in [1.807, 2.05) is 0 Å². The number of rotatable bonds is 6. The summed E-state index contributed by atoms with van der Waals surface area (Å²) in [4.78, 5) is 4.27. The van der Waals surface area contributed by atoms with Crippen LogP contribution in [-0.4, -0.2) is 32.4 Å². The second-order valence-electron chi connectivity index (χ2n) is 4.64. The normalized spacial score (nSPS) is 17.4. The summed E-state index contributed by atoms with van der Waals surface area (Å²) in [6, 6.07) is 3.50. The fourth-order valence-electron chi connectivity index (χ4n) is 1.77. The first-order valence-corrected chi connectivity index (χ1v) is 7.65. The van der Waals surface area contributed by atoms with E-state index in [1.165, 1.54) is 7.11 Å². The molecule has 18 heavy (non-hydrogen) atoms. The summed E-state index contributed by atoms with van der Waals surface area (Å²) < 4.78 is 31.5. The minimum Gasteiger partial charge on any atom is -0.381 e. The van der Waals surface area contributed by atoms with Gasteiger partial charge < -0.3 is 4.74 Å². The monoisotopic (exact) mass is 270 g/mol. The number of aromatic nitrogens is 1. The summed E-state index contributed by atoms with van der Waals surface area (Å²) >= 11 is 0. The van der Waals surface area contributed by atoms with Crippen LogP contribution in [0.3, 0.4) is 0 Å². The largest absolute Gasteiger partial charge is 0.381 e. The van der Waals surface area contributed by atoms with Crippen molar-refractivity contribution in [2.75, 3.05) is 17.6 Å². The van der Waals surface area contributed by atoms with Crippen molar-refractivity contribution in [2.45, 2.75) is 31.8 Å². The predicted molar refractivity (Wildman–Crippen MR) is 70.1 cm³/mol. The molecule has 0 aromatic carbocycles. The van der Waals surface area contributed by atoms with E-state index in [4.69, 9.17) is 4.74 Å². The number of nitrogens with zero attached hydrogens (tertiary/aromatic N) is 1. The van der Waals surface area contributed by atoms with Crippen LogP contribution in [0.2, 0.25) is 0 Å². The van der Waals surface area contributed by atoms with Crippen LogP contribution in [0.1, 0.15) is 31.4 Å². The van der Waals surface area contributed by atoms with E-state index in [-0.39, 0.29) is 11.9 Å². The summed E-state index contributed by atoms with van der Waals surface area (Å²) in [5.74, 6) is 0.353. The molecule has 1 heterocycles. The summed E-state index contributed by atoms with van der Waals surface area (Å²) in [7, 11) is -1.89. The quantitative estimate of drug-likeness (QED) is 0.855. The van der Waals surface area contributed by atoms with Crippen LogP contribution in [0, 0.1) is 0 Å². The zero-order chi connectivity index (χ0) is 13.2. The molecule has 100 valence electrons. The molecule has 0 bridgehead atoms. The van der Waals surface area contributed by atoms with Crippen molar-refractivity contribution in [1.82, 2.24) is 4.98 Å². The van der Waals surface area contributed by atoms with E-state index < -0.39 is 10.0 Å². The molecule has 0 radical (unpaired) electrons. The third kappa shape index (κ3) is 3.43. The van der Waals surface area contributed by atoms with Gasteiger partial charge in [-0.2, -0.15) is 0 Å². The molecule has 1 atom stereocenters. The van der Waals surface area contributed by atoms with E-state index >= 15 is 0 Å². The minimum absolute atomic E-state index is 0.0531. The van der Waals surface area contributed by atoms with Crippen molar-refractivity contribution in [2.24, 2.45) is 0 Å². The smallest absolute Gasteiger partial charge is 0.235 e. The van der Waals surface area contributed by atoms with Crippen molar-refractivity contribution >= 4 is 15.7 Å². The van der Waals surface area contributed by atoms with Gasteiger partial charge in [0.25, 0.3) is 0 Å². The van der Waals surface area contributed by atoms with Gasteiger partial charge in [-0.1, -0.05) is 0 Å². The molecular weight excluding hydrogens is 252 g/mol.